The maximum Gasteiger partial charge on any atom is 0.308 e. The Bertz CT molecular complexity index is 589. The number of carbonyl (C=O) groups is 2. The van der Waals surface area contributed by atoms with E-state index in [1.165, 1.54) is 11.3 Å². The van der Waals surface area contributed by atoms with Gasteiger partial charge in [-0.25, -0.2) is 4.98 Å². The summed E-state index contributed by atoms with van der Waals surface area (Å²) in [5.74, 6) is -1.49. The average Bonchev–Trinajstić information content (AvgIpc) is 2.68. The van der Waals surface area contributed by atoms with Crippen LogP contribution in [0.3, 0.4) is 0 Å². The smallest absolute Gasteiger partial charge is 0.308 e. The quantitative estimate of drug-likeness (QED) is 0.827. The largest absolute Gasteiger partial charge is 0.481 e. The van der Waals surface area contributed by atoms with E-state index in [1.807, 2.05) is 6.92 Å². The van der Waals surface area contributed by atoms with Crippen molar-refractivity contribution in [1.29, 1.82) is 0 Å². The molecule has 1 aliphatic carbocycles. The molecule has 0 unspecified atom stereocenters. The number of nitrogens with one attached hydrogen (secondary N) is 1. The van der Waals surface area contributed by atoms with Crippen molar-refractivity contribution in [2.45, 2.75) is 71.3 Å². The van der Waals surface area contributed by atoms with Gasteiger partial charge in [-0.15, -0.1) is 11.3 Å². The Balaban J connectivity index is 2.17. The van der Waals surface area contributed by atoms with Crippen LogP contribution in [0, 0.1) is 12.8 Å². The summed E-state index contributed by atoms with van der Waals surface area (Å²) >= 11 is 1.41. The van der Waals surface area contributed by atoms with Crippen LogP contribution < -0.4 is 5.32 Å². The van der Waals surface area contributed by atoms with E-state index in [1.54, 1.807) is 0 Å². The van der Waals surface area contributed by atoms with Crippen LogP contribution in [0.1, 0.15) is 73.2 Å². The second kappa shape index (κ2) is 6.99. The molecule has 5 nitrogen and oxygen atoms in total. The SMILES string of the molecule is Cc1nc(C(C)(C)C)sc1C(=O)N[C@H]1CCCCC[C@H]1C(=O)O. The lowest BCUT2D eigenvalue weighted by Crippen LogP contribution is -2.42. The molecule has 2 atom stereocenters. The van der Waals surface area contributed by atoms with Crippen molar-refractivity contribution in [2.75, 3.05) is 0 Å². The predicted octanol–water partition coefficient (Wildman–Crippen LogP) is 3.51. The number of carbonyl (C=O) groups excluding carboxylic acids is 1. The Hall–Kier alpha value is -1.43. The Kier molecular flexibility index (Phi) is 5.45. The van der Waals surface area contributed by atoms with Gasteiger partial charge in [0.05, 0.1) is 16.6 Å². The first kappa shape index (κ1) is 17.9. The van der Waals surface area contributed by atoms with Gasteiger partial charge in [0.15, 0.2) is 0 Å². The van der Waals surface area contributed by atoms with Crippen LogP contribution >= 0.6 is 11.3 Å². The van der Waals surface area contributed by atoms with Crippen LogP contribution in [0.25, 0.3) is 0 Å². The highest BCUT2D eigenvalue weighted by Crippen LogP contribution is 2.30. The molecule has 0 radical (unpaired) electrons. The number of aromatic nitrogens is 1. The Labute approximate surface area is 141 Å². The van der Waals surface area contributed by atoms with Crippen molar-refractivity contribution in [3.05, 3.63) is 15.6 Å². The average molecular weight is 338 g/mol. The molecule has 0 spiro atoms. The summed E-state index contributed by atoms with van der Waals surface area (Å²) in [5, 5.41) is 13.3. The second-order valence-electron chi connectivity index (χ2n) is 7.35. The first-order chi connectivity index (χ1) is 10.7. The number of aryl methyl sites for hydroxylation is 1. The molecule has 2 N–H and O–H groups in total. The number of amides is 1. The number of thiazole rings is 1. The number of rotatable bonds is 3. The zero-order valence-electron chi connectivity index (χ0n) is 14.3. The second-order valence-corrected chi connectivity index (χ2v) is 8.35. The minimum Gasteiger partial charge on any atom is -0.481 e. The van der Waals surface area contributed by atoms with Gasteiger partial charge in [0.2, 0.25) is 0 Å². The molecule has 1 fully saturated rings. The molecule has 1 heterocycles. The van der Waals surface area contributed by atoms with Crippen molar-refractivity contribution in [2.24, 2.45) is 5.92 Å². The fourth-order valence-corrected chi connectivity index (χ4v) is 3.96. The molecule has 0 bridgehead atoms. The molecule has 6 heteroatoms. The van der Waals surface area contributed by atoms with E-state index in [0.717, 1.165) is 36.4 Å². The van der Waals surface area contributed by atoms with Crippen molar-refractivity contribution in [1.82, 2.24) is 10.3 Å². The lowest BCUT2D eigenvalue weighted by atomic mass is 9.95. The van der Waals surface area contributed by atoms with E-state index in [2.05, 4.69) is 31.1 Å². The maximum absolute atomic E-state index is 12.6. The first-order valence-corrected chi connectivity index (χ1v) is 9.03. The van der Waals surface area contributed by atoms with Crippen LogP contribution in [-0.4, -0.2) is 28.0 Å². The lowest BCUT2D eigenvalue weighted by Gasteiger charge is -2.22. The molecular weight excluding hydrogens is 312 g/mol. The van der Waals surface area contributed by atoms with E-state index in [4.69, 9.17) is 0 Å². The van der Waals surface area contributed by atoms with Gasteiger partial charge in [-0.2, -0.15) is 0 Å². The topological polar surface area (TPSA) is 79.3 Å². The molecule has 0 aromatic carbocycles. The fraction of sp³-hybridized carbons (Fsp3) is 0.706. The van der Waals surface area contributed by atoms with Crippen molar-refractivity contribution >= 4 is 23.2 Å². The number of carboxylic acid groups (broad SMARTS) is 1. The summed E-state index contributed by atoms with van der Waals surface area (Å²) < 4.78 is 0. The molecule has 1 aromatic rings. The van der Waals surface area contributed by atoms with E-state index in [-0.39, 0.29) is 17.4 Å². The molecule has 23 heavy (non-hydrogen) atoms. The fourth-order valence-electron chi connectivity index (χ4n) is 2.94. The molecule has 0 saturated heterocycles. The summed E-state index contributed by atoms with van der Waals surface area (Å²) in [6, 6.07) is -0.290. The summed E-state index contributed by atoms with van der Waals surface area (Å²) in [4.78, 5) is 29.2. The van der Waals surface area contributed by atoms with Crippen LogP contribution in [0.5, 0.6) is 0 Å². The predicted molar refractivity (Wildman–Crippen MR) is 91.0 cm³/mol. The van der Waals surface area contributed by atoms with Crippen LogP contribution in [0.2, 0.25) is 0 Å². The third kappa shape index (κ3) is 4.31. The van der Waals surface area contributed by atoms with Crippen molar-refractivity contribution in [3.63, 3.8) is 0 Å². The number of nitrogens with zero attached hydrogens (tertiary/aromatic N) is 1. The van der Waals surface area contributed by atoms with E-state index in [0.29, 0.717) is 11.3 Å². The number of aliphatic carboxylic acids is 1. The molecule has 128 valence electrons. The van der Waals surface area contributed by atoms with Crippen molar-refractivity contribution in [3.8, 4) is 0 Å². The maximum atomic E-state index is 12.6. The van der Waals surface area contributed by atoms with E-state index in [9.17, 15) is 14.7 Å². The van der Waals surface area contributed by atoms with Gasteiger partial charge >= 0.3 is 5.97 Å². The highest BCUT2D eigenvalue weighted by Gasteiger charge is 2.32. The number of carboxylic acids is 1. The minimum absolute atomic E-state index is 0.0973. The van der Waals surface area contributed by atoms with Gasteiger partial charge in [-0.05, 0) is 19.8 Å². The van der Waals surface area contributed by atoms with Gasteiger partial charge in [0.25, 0.3) is 5.91 Å². The van der Waals surface area contributed by atoms with Crippen LogP contribution in [0.15, 0.2) is 0 Å². The van der Waals surface area contributed by atoms with Gasteiger partial charge in [0, 0.05) is 11.5 Å². The first-order valence-electron chi connectivity index (χ1n) is 8.21. The summed E-state index contributed by atoms with van der Waals surface area (Å²) in [6.45, 7) is 8.04. The normalized spacial score (nSPS) is 22.4. The zero-order valence-corrected chi connectivity index (χ0v) is 15.1. The van der Waals surface area contributed by atoms with Gasteiger partial charge in [-0.1, -0.05) is 40.0 Å². The summed E-state index contributed by atoms with van der Waals surface area (Å²) in [6.07, 6.45) is 4.27. The van der Waals surface area contributed by atoms with Gasteiger partial charge < -0.3 is 10.4 Å². The molecule has 1 aromatic heterocycles. The number of hydrogen-bond donors (Lipinski definition) is 2. The zero-order chi connectivity index (χ0) is 17.2. The minimum atomic E-state index is -0.811. The molecule has 1 saturated carbocycles. The standard InChI is InChI=1S/C17H26N2O3S/c1-10-13(23-16(18-10)17(2,3)4)14(20)19-12-9-7-5-6-8-11(12)15(21)22/h11-12H,5-9H2,1-4H3,(H,19,20)(H,21,22)/t11-,12+/m1/s1. The number of hydrogen-bond acceptors (Lipinski definition) is 4. The Morgan fingerprint density at radius 1 is 1.22 bits per heavy atom. The van der Waals surface area contributed by atoms with Gasteiger partial charge in [0.1, 0.15) is 4.88 Å². The van der Waals surface area contributed by atoms with Crippen molar-refractivity contribution < 1.29 is 14.7 Å². The molecular formula is C17H26N2O3S. The lowest BCUT2D eigenvalue weighted by molar-refractivity contribution is -0.142. The summed E-state index contributed by atoms with van der Waals surface area (Å²) in [5.41, 5.74) is 0.623. The Morgan fingerprint density at radius 2 is 1.87 bits per heavy atom. The van der Waals surface area contributed by atoms with Crippen LogP contribution in [0.4, 0.5) is 0 Å². The molecule has 1 amide bonds. The molecule has 1 aliphatic rings. The highest BCUT2D eigenvalue weighted by molar-refractivity contribution is 7.14. The van der Waals surface area contributed by atoms with E-state index < -0.39 is 11.9 Å². The monoisotopic (exact) mass is 338 g/mol. The summed E-state index contributed by atoms with van der Waals surface area (Å²) in [7, 11) is 0. The highest BCUT2D eigenvalue weighted by atomic mass is 32.1. The third-order valence-corrected chi connectivity index (χ3v) is 5.88. The molecule has 0 aliphatic heterocycles. The van der Waals surface area contributed by atoms with Gasteiger partial charge in [-0.3, -0.25) is 9.59 Å². The molecule has 2 rings (SSSR count). The van der Waals surface area contributed by atoms with E-state index >= 15 is 0 Å². The third-order valence-electron chi connectivity index (χ3n) is 4.29. The van der Waals surface area contributed by atoms with Crippen LogP contribution in [-0.2, 0) is 10.2 Å². The Morgan fingerprint density at radius 3 is 2.43 bits per heavy atom.